The molecule has 0 spiro atoms. The van der Waals surface area contributed by atoms with Gasteiger partial charge in [-0.15, -0.1) is 0 Å². The van der Waals surface area contributed by atoms with Gasteiger partial charge in [0.15, 0.2) is 11.5 Å². The zero-order chi connectivity index (χ0) is 20.1. The first-order valence-electron chi connectivity index (χ1n) is 8.57. The summed E-state index contributed by atoms with van der Waals surface area (Å²) in [7, 11) is 3.07. The molecule has 2 aromatic heterocycles. The summed E-state index contributed by atoms with van der Waals surface area (Å²) >= 11 is 0. The Balaban J connectivity index is 1.72. The van der Waals surface area contributed by atoms with E-state index in [0.29, 0.717) is 28.4 Å². The van der Waals surface area contributed by atoms with Gasteiger partial charge in [0.05, 0.1) is 19.9 Å². The molecular weight excluding hydrogens is 360 g/mol. The van der Waals surface area contributed by atoms with Crippen molar-refractivity contribution in [1.82, 2.24) is 9.38 Å². The Morgan fingerprint density at radius 2 is 1.93 bits per heavy atom. The summed E-state index contributed by atoms with van der Waals surface area (Å²) < 4.78 is 17.3. The van der Waals surface area contributed by atoms with E-state index in [1.54, 1.807) is 37.5 Å². The maximum atomic E-state index is 12.2. The lowest BCUT2D eigenvalue weighted by molar-refractivity contribution is -0.139. The molecule has 1 aromatic carbocycles. The number of para-hydroxylation sites is 1. The highest BCUT2D eigenvalue weighted by Gasteiger charge is 2.09. The minimum absolute atomic E-state index is 0.0991. The summed E-state index contributed by atoms with van der Waals surface area (Å²) in [4.78, 5) is 28.7. The van der Waals surface area contributed by atoms with Crippen LogP contribution in [0.5, 0.6) is 11.5 Å². The minimum Gasteiger partial charge on any atom is -0.493 e. The summed E-state index contributed by atoms with van der Waals surface area (Å²) in [5.74, 6) is 0.527. The standard InChI is InChI=1S/C21H20N2O5/c1-14-6-4-9-18-22-16(12-19(24)23(14)18)13-28-20(25)11-10-15-7-5-8-17(26-2)21(15)27-3/h4-12H,13H2,1-3H3/b11-10+. The van der Waals surface area contributed by atoms with Crippen molar-refractivity contribution in [3.8, 4) is 11.5 Å². The molecule has 0 N–H and O–H groups in total. The van der Waals surface area contributed by atoms with E-state index >= 15 is 0 Å². The summed E-state index contributed by atoms with van der Waals surface area (Å²) in [6, 6.07) is 12.1. The number of carbonyl (C=O) groups excluding carboxylic acids is 1. The number of nitrogens with zero attached hydrogens (tertiary/aromatic N) is 2. The molecular formula is C21H20N2O5. The average molecular weight is 380 g/mol. The molecule has 0 atom stereocenters. The van der Waals surface area contributed by atoms with Crippen LogP contribution in [0.4, 0.5) is 0 Å². The lowest BCUT2D eigenvalue weighted by Gasteiger charge is -2.09. The minimum atomic E-state index is -0.559. The fourth-order valence-electron chi connectivity index (χ4n) is 2.83. The molecule has 7 nitrogen and oxygen atoms in total. The number of aryl methyl sites for hydroxylation is 1. The largest absolute Gasteiger partial charge is 0.493 e. The van der Waals surface area contributed by atoms with Crippen molar-refractivity contribution in [3.63, 3.8) is 0 Å². The van der Waals surface area contributed by atoms with Crippen molar-refractivity contribution in [2.75, 3.05) is 14.2 Å². The molecule has 3 rings (SSSR count). The third-order valence-electron chi connectivity index (χ3n) is 4.13. The Morgan fingerprint density at radius 1 is 1.14 bits per heavy atom. The number of benzene rings is 1. The smallest absolute Gasteiger partial charge is 0.331 e. The van der Waals surface area contributed by atoms with E-state index in [1.165, 1.54) is 23.7 Å². The van der Waals surface area contributed by atoms with Crippen molar-refractivity contribution in [3.05, 3.63) is 75.8 Å². The van der Waals surface area contributed by atoms with Crippen molar-refractivity contribution in [1.29, 1.82) is 0 Å². The fraction of sp³-hybridized carbons (Fsp3) is 0.190. The molecule has 0 radical (unpaired) electrons. The van der Waals surface area contributed by atoms with E-state index in [2.05, 4.69) is 4.98 Å². The van der Waals surface area contributed by atoms with E-state index in [1.807, 2.05) is 19.1 Å². The second-order valence-corrected chi connectivity index (χ2v) is 5.97. The molecule has 0 amide bonds. The first-order valence-corrected chi connectivity index (χ1v) is 8.57. The summed E-state index contributed by atoms with van der Waals surface area (Å²) in [6.07, 6.45) is 2.87. The molecule has 7 heteroatoms. The molecule has 28 heavy (non-hydrogen) atoms. The second kappa shape index (κ2) is 8.39. The molecule has 0 unspecified atom stereocenters. The van der Waals surface area contributed by atoms with Crippen molar-refractivity contribution in [2.24, 2.45) is 0 Å². The molecule has 0 saturated heterocycles. The number of pyridine rings is 1. The number of hydrogen-bond donors (Lipinski definition) is 0. The van der Waals surface area contributed by atoms with Gasteiger partial charge in [0.1, 0.15) is 12.3 Å². The number of aromatic nitrogens is 2. The summed E-state index contributed by atoms with van der Waals surface area (Å²) in [5.41, 5.74) is 2.14. The maximum Gasteiger partial charge on any atom is 0.331 e. The lowest BCUT2D eigenvalue weighted by Crippen LogP contribution is -2.18. The van der Waals surface area contributed by atoms with E-state index in [9.17, 15) is 9.59 Å². The predicted octanol–water partition coefficient (Wildman–Crippen LogP) is 2.78. The number of esters is 1. The Kier molecular flexibility index (Phi) is 5.74. The number of carbonyl (C=O) groups is 1. The van der Waals surface area contributed by atoms with Gasteiger partial charge in [0.2, 0.25) is 0 Å². The highest BCUT2D eigenvalue weighted by Crippen LogP contribution is 2.31. The summed E-state index contributed by atoms with van der Waals surface area (Å²) in [6.45, 7) is 1.73. The molecule has 3 aromatic rings. The van der Waals surface area contributed by atoms with E-state index < -0.39 is 5.97 Å². The van der Waals surface area contributed by atoms with Crippen LogP contribution < -0.4 is 15.0 Å². The van der Waals surface area contributed by atoms with Crippen molar-refractivity contribution in [2.45, 2.75) is 13.5 Å². The SMILES string of the molecule is COc1cccc(/C=C/C(=O)OCc2cc(=O)n3c(C)cccc3n2)c1OC. The first-order chi connectivity index (χ1) is 13.5. The Bertz CT molecular complexity index is 1100. The molecule has 2 heterocycles. The normalized spacial score (nSPS) is 11.0. The molecule has 0 saturated carbocycles. The van der Waals surface area contributed by atoms with E-state index in [-0.39, 0.29) is 12.2 Å². The van der Waals surface area contributed by atoms with Gasteiger partial charge in [-0.05, 0) is 31.2 Å². The van der Waals surface area contributed by atoms with Crippen molar-refractivity contribution < 1.29 is 19.0 Å². The monoisotopic (exact) mass is 380 g/mol. The second-order valence-electron chi connectivity index (χ2n) is 5.97. The number of ether oxygens (including phenoxy) is 3. The van der Waals surface area contributed by atoms with Crippen molar-refractivity contribution >= 4 is 17.7 Å². The van der Waals surface area contributed by atoms with Gasteiger partial charge < -0.3 is 14.2 Å². The van der Waals surface area contributed by atoms with Crippen LogP contribution >= 0.6 is 0 Å². The van der Waals surface area contributed by atoms with Gasteiger partial charge in [0, 0.05) is 23.4 Å². The zero-order valence-corrected chi connectivity index (χ0v) is 15.8. The van der Waals surface area contributed by atoms with Crippen LogP contribution in [0.2, 0.25) is 0 Å². The number of methoxy groups -OCH3 is 2. The van der Waals surface area contributed by atoms with Gasteiger partial charge in [-0.3, -0.25) is 9.20 Å². The molecule has 144 valence electrons. The van der Waals surface area contributed by atoms with E-state index in [0.717, 1.165) is 5.69 Å². The highest BCUT2D eigenvalue weighted by atomic mass is 16.5. The predicted molar refractivity (Wildman–Crippen MR) is 105 cm³/mol. The summed E-state index contributed by atoms with van der Waals surface area (Å²) in [5, 5.41) is 0. The first kappa shape index (κ1) is 19.2. The third kappa shape index (κ3) is 4.03. The van der Waals surface area contributed by atoms with Crippen LogP contribution in [0.3, 0.4) is 0 Å². The molecule has 0 aliphatic carbocycles. The quantitative estimate of drug-likeness (QED) is 0.483. The van der Waals surface area contributed by atoms with E-state index in [4.69, 9.17) is 14.2 Å². The molecule has 0 aliphatic heterocycles. The Morgan fingerprint density at radius 3 is 2.68 bits per heavy atom. The molecule has 0 bridgehead atoms. The Labute approximate surface area is 161 Å². The van der Waals surface area contributed by atoms with Crippen LogP contribution in [0.25, 0.3) is 11.7 Å². The van der Waals surface area contributed by atoms with Crippen LogP contribution in [0.1, 0.15) is 17.0 Å². The van der Waals surface area contributed by atoms with Gasteiger partial charge in [-0.25, -0.2) is 9.78 Å². The lowest BCUT2D eigenvalue weighted by atomic mass is 10.1. The highest BCUT2D eigenvalue weighted by molar-refractivity contribution is 5.87. The number of fused-ring (bicyclic) bond motifs is 1. The molecule has 0 fully saturated rings. The van der Waals surface area contributed by atoms with Gasteiger partial charge in [-0.1, -0.05) is 18.2 Å². The molecule has 0 aliphatic rings. The van der Waals surface area contributed by atoms with Crippen LogP contribution in [-0.2, 0) is 16.1 Å². The van der Waals surface area contributed by atoms with Gasteiger partial charge >= 0.3 is 5.97 Å². The van der Waals surface area contributed by atoms with Gasteiger partial charge in [-0.2, -0.15) is 0 Å². The maximum absolute atomic E-state index is 12.2. The topological polar surface area (TPSA) is 79.1 Å². The van der Waals surface area contributed by atoms with Crippen LogP contribution in [-0.4, -0.2) is 29.6 Å². The zero-order valence-electron chi connectivity index (χ0n) is 15.8. The number of rotatable bonds is 6. The van der Waals surface area contributed by atoms with Gasteiger partial charge in [0.25, 0.3) is 5.56 Å². The fourth-order valence-corrected chi connectivity index (χ4v) is 2.83. The Hall–Kier alpha value is -3.61. The third-order valence-corrected chi connectivity index (χ3v) is 4.13. The van der Waals surface area contributed by atoms with Crippen LogP contribution in [0.15, 0.2) is 53.3 Å². The average Bonchev–Trinajstić information content (AvgIpc) is 2.70. The number of hydrogen-bond acceptors (Lipinski definition) is 6. The van der Waals surface area contributed by atoms with Crippen LogP contribution in [0, 0.1) is 6.92 Å².